The summed E-state index contributed by atoms with van der Waals surface area (Å²) in [7, 11) is 0. The first-order valence-corrected chi connectivity index (χ1v) is 6.41. The number of carboxylic acids is 1. The fourth-order valence-electron chi connectivity index (χ4n) is 2.65. The lowest BCUT2D eigenvalue weighted by Crippen LogP contribution is -2.38. The SMILES string of the molecule is O=C(O)CN(c1cc(F)ccc1[N+](=O)[O-])C1CCCC1. The van der Waals surface area contributed by atoms with Crippen LogP contribution in [-0.2, 0) is 4.79 Å². The van der Waals surface area contributed by atoms with Crippen molar-refractivity contribution in [2.45, 2.75) is 31.7 Å². The second-order valence-corrected chi connectivity index (χ2v) is 4.85. The van der Waals surface area contributed by atoms with Crippen molar-refractivity contribution >= 4 is 17.3 Å². The van der Waals surface area contributed by atoms with Crippen LogP contribution in [0.1, 0.15) is 25.7 Å². The van der Waals surface area contributed by atoms with E-state index in [1.165, 1.54) is 4.90 Å². The van der Waals surface area contributed by atoms with Gasteiger partial charge in [-0.25, -0.2) is 4.39 Å². The van der Waals surface area contributed by atoms with Gasteiger partial charge < -0.3 is 10.0 Å². The number of aliphatic carboxylic acids is 1. The van der Waals surface area contributed by atoms with E-state index in [4.69, 9.17) is 5.11 Å². The summed E-state index contributed by atoms with van der Waals surface area (Å²) in [5.74, 6) is -1.70. The van der Waals surface area contributed by atoms with Crippen molar-refractivity contribution in [1.29, 1.82) is 0 Å². The van der Waals surface area contributed by atoms with Crippen molar-refractivity contribution in [3.05, 3.63) is 34.1 Å². The molecule has 1 saturated carbocycles. The monoisotopic (exact) mass is 282 g/mol. The lowest BCUT2D eigenvalue weighted by molar-refractivity contribution is -0.384. The summed E-state index contributed by atoms with van der Waals surface area (Å²) in [4.78, 5) is 22.9. The third kappa shape index (κ3) is 3.04. The van der Waals surface area contributed by atoms with Crippen LogP contribution in [0.15, 0.2) is 18.2 Å². The minimum absolute atomic E-state index is 0.0456. The Morgan fingerprint density at radius 1 is 1.45 bits per heavy atom. The maximum absolute atomic E-state index is 13.4. The van der Waals surface area contributed by atoms with E-state index in [-0.39, 0.29) is 24.0 Å². The molecule has 0 amide bonds. The van der Waals surface area contributed by atoms with Crippen molar-refractivity contribution in [3.8, 4) is 0 Å². The second-order valence-electron chi connectivity index (χ2n) is 4.85. The van der Waals surface area contributed by atoms with E-state index in [2.05, 4.69) is 0 Å². The normalized spacial score (nSPS) is 15.2. The third-order valence-corrected chi connectivity index (χ3v) is 3.51. The van der Waals surface area contributed by atoms with E-state index in [0.29, 0.717) is 0 Å². The third-order valence-electron chi connectivity index (χ3n) is 3.51. The van der Waals surface area contributed by atoms with E-state index in [0.717, 1.165) is 43.9 Å². The van der Waals surface area contributed by atoms with E-state index in [9.17, 15) is 19.3 Å². The zero-order chi connectivity index (χ0) is 14.7. The van der Waals surface area contributed by atoms with Crippen LogP contribution in [0.25, 0.3) is 0 Å². The van der Waals surface area contributed by atoms with Crippen molar-refractivity contribution in [2.75, 3.05) is 11.4 Å². The summed E-state index contributed by atoms with van der Waals surface area (Å²) in [5.41, 5.74) is -0.219. The summed E-state index contributed by atoms with van der Waals surface area (Å²) in [6.45, 7) is -0.366. The molecular formula is C13H15FN2O4. The van der Waals surface area contributed by atoms with Crippen LogP contribution < -0.4 is 4.90 Å². The fourth-order valence-corrected chi connectivity index (χ4v) is 2.65. The molecule has 1 aliphatic carbocycles. The van der Waals surface area contributed by atoms with Crippen LogP contribution in [0, 0.1) is 15.9 Å². The number of nitro groups is 1. The zero-order valence-electron chi connectivity index (χ0n) is 10.8. The van der Waals surface area contributed by atoms with Crippen molar-refractivity contribution in [1.82, 2.24) is 0 Å². The smallest absolute Gasteiger partial charge is 0.323 e. The Labute approximate surface area is 115 Å². The quantitative estimate of drug-likeness (QED) is 0.662. The first-order chi connectivity index (χ1) is 9.49. The molecule has 2 rings (SSSR count). The number of rotatable bonds is 5. The molecule has 1 fully saturated rings. The molecule has 0 heterocycles. The Bertz CT molecular complexity index is 529. The molecule has 0 atom stereocenters. The molecule has 20 heavy (non-hydrogen) atoms. The first kappa shape index (κ1) is 14.2. The standard InChI is InChI=1S/C13H15FN2O4/c14-9-5-6-11(16(19)20)12(7-9)15(8-13(17)18)10-3-1-2-4-10/h5-7,10H,1-4,8H2,(H,17,18). The van der Waals surface area contributed by atoms with E-state index < -0.39 is 16.7 Å². The zero-order valence-corrected chi connectivity index (χ0v) is 10.8. The van der Waals surface area contributed by atoms with Crippen LogP contribution in [0.3, 0.4) is 0 Å². The molecule has 6 nitrogen and oxygen atoms in total. The summed E-state index contributed by atoms with van der Waals surface area (Å²) < 4.78 is 13.4. The highest BCUT2D eigenvalue weighted by molar-refractivity contribution is 5.76. The van der Waals surface area contributed by atoms with Gasteiger partial charge in [-0.3, -0.25) is 14.9 Å². The van der Waals surface area contributed by atoms with Crippen LogP contribution in [0.5, 0.6) is 0 Å². The van der Waals surface area contributed by atoms with Crippen LogP contribution in [0.4, 0.5) is 15.8 Å². The average molecular weight is 282 g/mol. The molecule has 0 saturated heterocycles. The molecule has 0 bridgehead atoms. The van der Waals surface area contributed by atoms with E-state index >= 15 is 0 Å². The maximum Gasteiger partial charge on any atom is 0.323 e. The number of anilines is 1. The number of carbonyl (C=O) groups is 1. The van der Waals surface area contributed by atoms with Gasteiger partial charge in [0.2, 0.25) is 0 Å². The van der Waals surface area contributed by atoms with Gasteiger partial charge in [0.05, 0.1) is 4.92 Å². The van der Waals surface area contributed by atoms with Crippen LogP contribution in [-0.4, -0.2) is 28.6 Å². The predicted molar refractivity (Wildman–Crippen MR) is 70.3 cm³/mol. The highest BCUT2D eigenvalue weighted by atomic mass is 19.1. The van der Waals surface area contributed by atoms with Gasteiger partial charge in [0.15, 0.2) is 0 Å². The van der Waals surface area contributed by atoms with Crippen LogP contribution in [0.2, 0.25) is 0 Å². The molecule has 0 spiro atoms. The van der Waals surface area contributed by atoms with E-state index in [1.54, 1.807) is 0 Å². The first-order valence-electron chi connectivity index (χ1n) is 6.41. The maximum atomic E-state index is 13.4. The van der Waals surface area contributed by atoms with Gasteiger partial charge in [-0.05, 0) is 18.9 Å². The summed E-state index contributed by atoms with van der Waals surface area (Å²) in [6, 6.07) is 3.04. The number of hydrogen-bond acceptors (Lipinski definition) is 4. The Kier molecular flexibility index (Phi) is 4.16. The van der Waals surface area contributed by atoms with Gasteiger partial charge in [0.25, 0.3) is 5.69 Å². The largest absolute Gasteiger partial charge is 0.480 e. The van der Waals surface area contributed by atoms with Gasteiger partial charge in [-0.1, -0.05) is 12.8 Å². The topological polar surface area (TPSA) is 83.7 Å². The molecule has 108 valence electrons. The molecule has 0 aromatic heterocycles. The number of carboxylic acid groups (broad SMARTS) is 1. The number of nitro benzene ring substituents is 1. The number of benzene rings is 1. The van der Waals surface area contributed by atoms with Crippen molar-refractivity contribution < 1.29 is 19.2 Å². The van der Waals surface area contributed by atoms with Gasteiger partial charge >= 0.3 is 5.97 Å². The number of halogens is 1. The molecule has 1 N–H and O–H groups in total. The summed E-state index contributed by atoms with van der Waals surface area (Å²) in [5, 5.41) is 20.0. The molecular weight excluding hydrogens is 267 g/mol. The molecule has 0 radical (unpaired) electrons. The lowest BCUT2D eigenvalue weighted by atomic mass is 10.1. The second kappa shape index (κ2) is 5.85. The average Bonchev–Trinajstić information content (AvgIpc) is 2.88. The Morgan fingerprint density at radius 3 is 2.65 bits per heavy atom. The highest BCUT2D eigenvalue weighted by Gasteiger charge is 2.29. The number of hydrogen-bond donors (Lipinski definition) is 1. The van der Waals surface area contributed by atoms with Gasteiger partial charge in [-0.15, -0.1) is 0 Å². The number of nitrogens with zero attached hydrogens (tertiary/aromatic N) is 2. The molecule has 0 aliphatic heterocycles. The minimum atomic E-state index is -1.09. The molecule has 1 aliphatic rings. The molecule has 0 unspecified atom stereocenters. The summed E-state index contributed by atoms with van der Waals surface area (Å²) >= 11 is 0. The van der Waals surface area contributed by atoms with Gasteiger partial charge in [-0.2, -0.15) is 0 Å². The lowest BCUT2D eigenvalue weighted by Gasteiger charge is -2.29. The van der Waals surface area contributed by atoms with Crippen molar-refractivity contribution in [2.24, 2.45) is 0 Å². The molecule has 1 aromatic carbocycles. The summed E-state index contributed by atoms with van der Waals surface area (Å²) in [6.07, 6.45) is 3.43. The Hall–Kier alpha value is -2.18. The fraction of sp³-hybridized carbons (Fsp3) is 0.462. The Balaban J connectivity index is 2.43. The minimum Gasteiger partial charge on any atom is -0.480 e. The van der Waals surface area contributed by atoms with Gasteiger partial charge in [0, 0.05) is 18.2 Å². The Morgan fingerprint density at radius 2 is 2.10 bits per heavy atom. The van der Waals surface area contributed by atoms with E-state index in [1.807, 2.05) is 0 Å². The van der Waals surface area contributed by atoms with Gasteiger partial charge in [0.1, 0.15) is 18.0 Å². The molecule has 7 heteroatoms. The molecule has 1 aromatic rings. The van der Waals surface area contributed by atoms with Crippen LogP contribution >= 0.6 is 0 Å². The highest BCUT2D eigenvalue weighted by Crippen LogP contribution is 2.34. The van der Waals surface area contributed by atoms with Crippen molar-refractivity contribution in [3.63, 3.8) is 0 Å². The predicted octanol–water partition coefficient (Wildman–Crippen LogP) is 2.57.